The van der Waals surface area contributed by atoms with Crippen LogP contribution in [0.5, 0.6) is 0 Å². The van der Waals surface area contributed by atoms with E-state index in [1.807, 2.05) is 0 Å². The highest BCUT2D eigenvalue weighted by atomic mass is 16.4. The Labute approximate surface area is 139 Å². The summed E-state index contributed by atoms with van der Waals surface area (Å²) >= 11 is 0. The number of amides is 1. The Morgan fingerprint density at radius 1 is 1.25 bits per heavy atom. The van der Waals surface area contributed by atoms with Crippen molar-refractivity contribution in [1.29, 1.82) is 0 Å². The van der Waals surface area contributed by atoms with E-state index in [4.69, 9.17) is 9.52 Å². The first-order valence-electron chi connectivity index (χ1n) is 8.28. The number of carbonyl (C=O) groups is 2. The third-order valence-corrected chi connectivity index (χ3v) is 5.32. The fourth-order valence-corrected chi connectivity index (χ4v) is 4.06. The van der Waals surface area contributed by atoms with Crippen molar-refractivity contribution in [2.75, 3.05) is 0 Å². The summed E-state index contributed by atoms with van der Waals surface area (Å²) in [6.07, 6.45) is 4.18. The summed E-state index contributed by atoms with van der Waals surface area (Å²) in [6.45, 7) is 0.223. The summed E-state index contributed by atoms with van der Waals surface area (Å²) in [5, 5.41) is 11.7. The summed E-state index contributed by atoms with van der Waals surface area (Å²) in [7, 11) is 0. The van der Waals surface area contributed by atoms with Gasteiger partial charge in [0, 0.05) is 11.3 Å². The van der Waals surface area contributed by atoms with Crippen LogP contribution in [0.25, 0.3) is 0 Å². The van der Waals surface area contributed by atoms with Gasteiger partial charge in [-0.1, -0.05) is 24.3 Å². The Morgan fingerprint density at radius 2 is 2.08 bits per heavy atom. The Kier molecular flexibility index (Phi) is 3.44. The van der Waals surface area contributed by atoms with Crippen LogP contribution >= 0.6 is 0 Å². The lowest BCUT2D eigenvalue weighted by Crippen LogP contribution is -2.29. The molecule has 24 heavy (non-hydrogen) atoms. The monoisotopic (exact) mass is 325 g/mol. The highest BCUT2D eigenvalue weighted by Crippen LogP contribution is 2.60. The Morgan fingerprint density at radius 3 is 2.88 bits per heavy atom. The lowest BCUT2D eigenvalue weighted by Gasteiger charge is -2.26. The molecule has 0 radical (unpaired) electrons. The summed E-state index contributed by atoms with van der Waals surface area (Å²) in [5.41, 5.74) is 2.72. The third-order valence-electron chi connectivity index (χ3n) is 5.32. The molecule has 1 aromatic carbocycles. The predicted octanol–water partition coefficient (Wildman–Crippen LogP) is 2.89. The van der Waals surface area contributed by atoms with Gasteiger partial charge >= 0.3 is 5.97 Å². The molecule has 5 heteroatoms. The van der Waals surface area contributed by atoms with Crippen molar-refractivity contribution in [1.82, 2.24) is 5.32 Å². The molecule has 1 aromatic heterocycles. The van der Waals surface area contributed by atoms with Crippen molar-refractivity contribution in [2.45, 2.75) is 37.6 Å². The number of rotatable bonds is 4. The molecule has 4 rings (SSSR count). The molecule has 0 bridgehead atoms. The Balaban J connectivity index is 1.43. The second-order valence-corrected chi connectivity index (χ2v) is 6.71. The van der Waals surface area contributed by atoms with Crippen molar-refractivity contribution in [3.63, 3.8) is 0 Å². The van der Waals surface area contributed by atoms with Gasteiger partial charge in [-0.2, -0.15) is 0 Å². The number of aryl methyl sites for hydroxylation is 1. The van der Waals surface area contributed by atoms with E-state index in [0.717, 1.165) is 25.7 Å². The molecule has 0 unspecified atom stereocenters. The van der Waals surface area contributed by atoms with Gasteiger partial charge in [-0.15, -0.1) is 0 Å². The Hall–Kier alpha value is -2.56. The van der Waals surface area contributed by atoms with Gasteiger partial charge in [0.1, 0.15) is 5.76 Å². The number of benzene rings is 1. The van der Waals surface area contributed by atoms with Gasteiger partial charge in [-0.25, -0.2) is 4.79 Å². The molecular formula is C19H19NO4. The van der Waals surface area contributed by atoms with Gasteiger partial charge < -0.3 is 14.8 Å². The summed E-state index contributed by atoms with van der Waals surface area (Å²) in [5.74, 6) is -0.719. The maximum atomic E-state index is 12.5. The molecule has 124 valence electrons. The van der Waals surface area contributed by atoms with E-state index in [1.54, 1.807) is 6.07 Å². The van der Waals surface area contributed by atoms with Crippen molar-refractivity contribution in [3.05, 3.63) is 59.0 Å². The quantitative estimate of drug-likeness (QED) is 0.906. The SMILES string of the molecule is O=C(O)c1ccc(CNC(=O)[C@@H]2C[C@@]23CCCc2ccccc23)o1. The number of carboxylic acids is 1. The molecule has 2 aliphatic carbocycles. The van der Waals surface area contributed by atoms with Gasteiger partial charge in [0.05, 0.1) is 6.54 Å². The van der Waals surface area contributed by atoms with Crippen LogP contribution in [-0.4, -0.2) is 17.0 Å². The topological polar surface area (TPSA) is 79.5 Å². The highest BCUT2D eigenvalue weighted by Gasteiger charge is 2.59. The first-order valence-corrected chi connectivity index (χ1v) is 8.28. The maximum absolute atomic E-state index is 12.5. The van der Waals surface area contributed by atoms with Crippen LogP contribution in [0.1, 0.15) is 46.7 Å². The average Bonchev–Trinajstić information content (AvgIpc) is 3.09. The number of nitrogens with one attached hydrogen (secondary N) is 1. The number of hydrogen-bond donors (Lipinski definition) is 2. The molecule has 0 aliphatic heterocycles. The van der Waals surface area contributed by atoms with E-state index in [9.17, 15) is 9.59 Å². The molecule has 2 atom stereocenters. The lowest BCUT2D eigenvalue weighted by atomic mass is 9.78. The van der Waals surface area contributed by atoms with Gasteiger partial charge in [-0.3, -0.25) is 4.79 Å². The number of fused-ring (bicyclic) bond motifs is 2. The van der Waals surface area contributed by atoms with Crippen LogP contribution in [0, 0.1) is 5.92 Å². The van der Waals surface area contributed by atoms with Crippen LogP contribution in [-0.2, 0) is 23.2 Å². The molecule has 1 heterocycles. The van der Waals surface area contributed by atoms with Crippen molar-refractivity contribution >= 4 is 11.9 Å². The minimum absolute atomic E-state index is 0.00727. The smallest absolute Gasteiger partial charge is 0.371 e. The average molecular weight is 325 g/mol. The van der Waals surface area contributed by atoms with E-state index in [-0.39, 0.29) is 29.5 Å². The van der Waals surface area contributed by atoms with E-state index >= 15 is 0 Å². The first-order chi connectivity index (χ1) is 11.6. The molecule has 2 aromatic rings. The zero-order chi connectivity index (χ0) is 16.7. The second kappa shape index (κ2) is 5.51. The molecule has 2 N–H and O–H groups in total. The van der Waals surface area contributed by atoms with E-state index in [1.165, 1.54) is 17.2 Å². The van der Waals surface area contributed by atoms with Crippen molar-refractivity contribution < 1.29 is 19.1 Å². The normalized spacial score (nSPS) is 24.4. The minimum atomic E-state index is -1.10. The number of hydrogen-bond acceptors (Lipinski definition) is 3. The molecule has 0 saturated heterocycles. The second-order valence-electron chi connectivity index (χ2n) is 6.71. The van der Waals surface area contributed by atoms with Crippen LogP contribution in [0.4, 0.5) is 0 Å². The summed E-state index contributed by atoms with van der Waals surface area (Å²) in [6, 6.07) is 11.4. The fraction of sp³-hybridized carbons (Fsp3) is 0.368. The van der Waals surface area contributed by atoms with Gasteiger partial charge in [0.15, 0.2) is 0 Å². The van der Waals surface area contributed by atoms with Gasteiger partial charge in [-0.05, 0) is 48.9 Å². The molecule has 1 fully saturated rings. The van der Waals surface area contributed by atoms with E-state index < -0.39 is 5.97 Å². The van der Waals surface area contributed by atoms with Gasteiger partial charge in [0.2, 0.25) is 11.7 Å². The van der Waals surface area contributed by atoms with Gasteiger partial charge in [0.25, 0.3) is 0 Å². The fourth-order valence-electron chi connectivity index (χ4n) is 4.06. The molecular weight excluding hydrogens is 306 g/mol. The summed E-state index contributed by atoms with van der Waals surface area (Å²) in [4.78, 5) is 23.3. The van der Waals surface area contributed by atoms with E-state index in [0.29, 0.717) is 5.76 Å². The standard InChI is InChI=1S/C19H19NO4/c21-17(20-11-13-7-8-16(24-13)18(22)23)15-10-19(15)9-3-5-12-4-1-2-6-14(12)19/h1-2,4,6-8,15H,3,5,9-11H2,(H,20,21)(H,22,23)/t15-,19+/m0/s1. The lowest BCUT2D eigenvalue weighted by molar-refractivity contribution is -0.123. The van der Waals surface area contributed by atoms with Crippen LogP contribution in [0.3, 0.4) is 0 Å². The number of carboxylic acid groups (broad SMARTS) is 1. The molecule has 5 nitrogen and oxygen atoms in total. The zero-order valence-corrected chi connectivity index (χ0v) is 13.2. The number of carbonyl (C=O) groups excluding carboxylic acids is 1. The first kappa shape index (κ1) is 15.0. The Bertz CT molecular complexity index is 809. The largest absolute Gasteiger partial charge is 0.475 e. The molecule has 1 spiro atoms. The number of furan rings is 1. The molecule has 1 saturated carbocycles. The zero-order valence-electron chi connectivity index (χ0n) is 13.2. The van der Waals surface area contributed by atoms with Crippen LogP contribution in [0.15, 0.2) is 40.8 Å². The summed E-state index contributed by atoms with van der Waals surface area (Å²) < 4.78 is 5.17. The van der Waals surface area contributed by atoms with E-state index in [2.05, 4.69) is 29.6 Å². The van der Waals surface area contributed by atoms with Crippen molar-refractivity contribution in [2.24, 2.45) is 5.92 Å². The molecule has 1 amide bonds. The third kappa shape index (κ3) is 2.40. The highest BCUT2D eigenvalue weighted by molar-refractivity contribution is 5.85. The number of aromatic carboxylic acids is 1. The predicted molar refractivity (Wildman–Crippen MR) is 86.7 cm³/mol. The minimum Gasteiger partial charge on any atom is -0.475 e. The van der Waals surface area contributed by atoms with Crippen molar-refractivity contribution in [3.8, 4) is 0 Å². The van der Waals surface area contributed by atoms with Crippen LogP contribution < -0.4 is 5.32 Å². The molecule has 2 aliphatic rings. The maximum Gasteiger partial charge on any atom is 0.371 e. The van der Waals surface area contributed by atoms with Crippen LogP contribution in [0.2, 0.25) is 0 Å².